The minimum atomic E-state index is -0.0114. The molecule has 0 aromatic heterocycles. The van der Waals surface area contributed by atoms with Crippen LogP contribution in [0, 0.1) is 0 Å². The molecular formula is C24H32N4O3. The normalized spacial score (nSPS) is 18.1. The van der Waals surface area contributed by atoms with Crippen molar-refractivity contribution in [2.45, 2.75) is 18.9 Å². The van der Waals surface area contributed by atoms with Crippen molar-refractivity contribution >= 4 is 11.7 Å². The zero-order valence-corrected chi connectivity index (χ0v) is 18.2. The van der Waals surface area contributed by atoms with Gasteiger partial charge in [0.05, 0.1) is 13.2 Å². The molecule has 0 spiro atoms. The van der Waals surface area contributed by atoms with Crippen LogP contribution < -0.4 is 15.0 Å². The maximum atomic E-state index is 12.9. The number of carbonyl (C=O) groups is 1. The number of phenols is 1. The molecule has 1 unspecified atom stereocenters. The lowest BCUT2D eigenvalue weighted by Crippen LogP contribution is -2.52. The molecule has 2 aromatic carbocycles. The minimum absolute atomic E-state index is 0.0114. The number of benzene rings is 2. The van der Waals surface area contributed by atoms with Gasteiger partial charge in [-0.25, -0.2) is 4.79 Å². The van der Waals surface area contributed by atoms with Crippen LogP contribution in [0.15, 0.2) is 48.5 Å². The third-order valence-corrected chi connectivity index (χ3v) is 6.27. The Kier molecular flexibility index (Phi) is 6.82. The van der Waals surface area contributed by atoms with Crippen LogP contribution in [0.2, 0.25) is 0 Å². The number of hydrogen-bond donors (Lipinski definition) is 2. The Morgan fingerprint density at radius 1 is 1.03 bits per heavy atom. The van der Waals surface area contributed by atoms with Crippen LogP contribution in [-0.4, -0.2) is 73.9 Å². The van der Waals surface area contributed by atoms with Crippen molar-refractivity contribution in [3.05, 3.63) is 54.1 Å². The molecule has 0 bridgehead atoms. The first-order valence-electron chi connectivity index (χ1n) is 11.1. The molecule has 7 nitrogen and oxygen atoms in total. The summed E-state index contributed by atoms with van der Waals surface area (Å²) < 4.78 is 5.41. The van der Waals surface area contributed by atoms with Crippen molar-refractivity contribution < 1.29 is 14.6 Å². The van der Waals surface area contributed by atoms with E-state index >= 15 is 0 Å². The first-order chi connectivity index (χ1) is 15.1. The van der Waals surface area contributed by atoms with Crippen molar-refractivity contribution in [1.29, 1.82) is 0 Å². The number of urea groups is 1. The molecule has 0 saturated carbocycles. The van der Waals surface area contributed by atoms with Crippen molar-refractivity contribution in [2.75, 3.05) is 57.8 Å². The molecule has 2 N–H and O–H groups in total. The number of carbonyl (C=O) groups excluding carboxylic acids is 1. The standard InChI is InChI=1S/C24H32N4O3/c1-31-22-9-4-6-19(16-22)23(27-10-2-3-11-27)18-25-24(30)28-14-12-26(13-15-28)20-7-5-8-21(29)17-20/h4-9,16-17,23,29H,2-3,10-15,18H2,1H3,(H,25,30). The molecule has 2 amide bonds. The van der Waals surface area contributed by atoms with Crippen LogP contribution in [0.25, 0.3) is 0 Å². The average molecular weight is 425 g/mol. The smallest absolute Gasteiger partial charge is 0.317 e. The molecular weight excluding hydrogens is 392 g/mol. The molecule has 2 heterocycles. The summed E-state index contributed by atoms with van der Waals surface area (Å²) in [7, 11) is 1.68. The average Bonchev–Trinajstić information content (AvgIpc) is 3.34. The molecule has 1 atom stereocenters. The van der Waals surface area contributed by atoms with Gasteiger partial charge < -0.3 is 25.0 Å². The Balaban J connectivity index is 1.35. The fourth-order valence-corrected chi connectivity index (χ4v) is 4.51. The summed E-state index contributed by atoms with van der Waals surface area (Å²) in [6, 6.07) is 15.6. The lowest BCUT2D eigenvalue weighted by molar-refractivity contribution is 0.185. The Morgan fingerprint density at radius 2 is 1.77 bits per heavy atom. The highest BCUT2D eigenvalue weighted by molar-refractivity contribution is 5.74. The van der Waals surface area contributed by atoms with Crippen molar-refractivity contribution in [1.82, 2.24) is 15.1 Å². The monoisotopic (exact) mass is 424 g/mol. The molecule has 2 aromatic rings. The molecule has 166 valence electrons. The molecule has 31 heavy (non-hydrogen) atoms. The van der Waals surface area contributed by atoms with E-state index in [1.54, 1.807) is 19.2 Å². The quantitative estimate of drug-likeness (QED) is 0.746. The fraction of sp³-hybridized carbons (Fsp3) is 0.458. The minimum Gasteiger partial charge on any atom is -0.508 e. The second kappa shape index (κ2) is 9.92. The van der Waals surface area contributed by atoms with Gasteiger partial charge in [0.1, 0.15) is 11.5 Å². The first kappa shape index (κ1) is 21.3. The van der Waals surface area contributed by atoms with Gasteiger partial charge in [0, 0.05) is 44.5 Å². The topological polar surface area (TPSA) is 68.3 Å². The van der Waals surface area contributed by atoms with Crippen LogP contribution >= 0.6 is 0 Å². The van der Waals surface area contributed by atoms with E-state index in [1.165, 1.54) is 18.4 Å². The van der Waals surface area contributed by atoms with Crippen molar-refractivity contribution in [3.8, 4) is 11.5 Å². The number of phenolic OH excluding ortho intramolecular Hbond substituents is 1. The lowest BCUT2D eigenvalue weighted by Gasteiger charge is -2.36. The van der Waals surface area contributed by atoms with Crippen LogP contribution in [0.3, 0.4) is 0 Å². The Bertz CT molecular complexity index is 877. The second-order valence-corrected chi connectivity index (χ2v) is 8.22. The number of nitrogens with one attached hydrogen (secondary N) is 1. The maximum Gasteiger partial charge on any atom is 0.317 e. The predicted octanol–water partition coefficient (Wildman–Crippen LogP) is 3.07. The third kappa shape index (κ3) is 5.22. The largest absolute Gasteiger partial charge is 0.508 e. The molecule has 2 aliphatic rings. The number of piperazine rings is 1. The number of aromatic hydroxyl groups is 1. The zero-order valence-electron chi connectivity index (χ0n) is 18.2. The van der Waals surface area contributed by atoms with E-state index in [0.29, 0.717) is 19.6 Å². The van der Waals surface area contributed by atoms with Crippen LogP contribution in [-0.2, 0) is 0 Å². The number of likely N-dealkylation sites (tertiary alicyclic amines) is 1. The molecule has 2 fully saturated rings. The van der Waals surface area contributed by atoms with Crippen LogP contribution in [0.1, 0.15) is 24.4 Å². The van der Waals surface area contributed by atoms with Gasteiger partial charge >= 0.3 is 6.03 Å². The van der Waals surface area contributed by atoms with E-state index in [2.05, 4.69) is 27.2 Å². The molecule has 0 aliphatic carbocycles. The van der Waals surface area contributed by atoms with Crippen LogP contribution in [0.4, 0.5) is 10.5 Å². The number of amides is 2. The van der Waals surface area contributed by atoms with Gasteiger partial charge in [-0.2, -0.15) is 0 Å². The molecule has 0 radical (unpaired) electrons. The summed E-state index contributed by atoms with van der Waals surface area (Å²) in [4.78, 5) is 19.4. The summed E-state index contributed by atoms with van der Waals surface area (Å²) in [5.41, 5.74) is 2.17. The lowest BCUT2D eigenvalue weighted by atomic mass is 10.1. The number of hydrogen-bond acceptors (Lipinski definition) is 5. The van der Waals surface area contributed by atoms with Crippen molar-refractivity contribution in [2.24, 2.45) is 0 Å². The van der Waals surface area contributed by atoms with Crippen molar-refractivity contribution in [3.63, 3.8) is 0 Å². The number of nitrogens with zero attached hydrogens (tertiary/aromatic N) is 3. The summed E-state index contributed by atoms with van der Waals surface area (Å²) in [5, 5.41) is 12.9. The van der Waals surface area contributed by atoms with Crippen LogP contribution in [0.5, 0.6) is 11.5 Å². The Labute approximate surface area is 184 Å². The number of ether oxygens (including phenoxy) is 1. The van der Waals surface area contributed by atoms with Gasteiger partial charge in [-0.3, -0.25) is 4.90 Å². The van der Waals surface area contributed by atoms with E-state index in [1.807, 2.05) is 29.2 Å². The van der Waals surface area contributed by atoms with Gasteiger partial charge in [0.25, 0.3) is 0 Å². The zero-order chi connectivity index (χ0) is 21.6. The highest BCUT2D eigenvalue weighted by Crippen LogP contribution is 2.27. The maximum absolute atomic E-state index is 12.9. The Hall–Kier alpha value is -2.93. The SMILES string of the molecule is COc1cccc(C(CNC(=O)N2CCN(c3cccc(O)c3)CC2)N2CCCC2)c1. The van der Waals surface area contributed by atoms with Gasteiger partial charge in [-0.05, 0) is 55.8 Å². The fourth-order valence-electron chi connectivity index (χ4n) is 4.51. The van der Waals surface area contributed by atoms with E-state index < -0.39 is 0 Å². The van der Waals surface area contributed by atoms with E-state index in [4.69, 9.17) is 4.74 Å². The summed E-state index contributed by atoms with van der Waals surface area (Å²) in [5.74, 6) is 1.11. The third-order valence-electron chi connectivity index (χ3n) is 6.27. The first-order valence-corrected chi connectivity index (χ1v) is 11.1. The van der Waals surface area contributed by atoms with E-state index in [0.717, 1.165) is 37.6 Å². The highest BCUT2D eigenvalue weighted by atomic mass is 16.5. The van der Waals surface area contributed by atoms with Gasteiger partial charge in [-0.1, -0.05) is 18.2 Å². The molecule has 2 aliphatic heterocycles. The number of methoxy groups -OCH3 is 1. The van der Waals surface area contributed by atoms with Gasteiger partial charge in [0.2, 0.25) is 0 Å². The Morgan fingerprint density at radius 3 is 2.48 bits per heavy atom. The number of anilines is 1. The van der Waals surface area contributed by atoms with Gasteiger partial charge in [-0.15, -0.1) is 0 Å². The molecule has 2 saturated heterocycles. The molecule has 7 heteroatoms. The number of rotatable bonds is 6. The molecule has 4 rings (SSSR count). The summed E-state index contributed by atoms with van der Waals surface area (Å²) in [6.07, 6.45) is 2.40. The van der Waals surface area contributed by atoms with Gasteiger partial charge in [0.15, 0.2) is 0 Å². The summed E-state index contributed by atoms with van der Waals surface area (Å²) in [6.45, 7) is 5.52. The van der Waals surface area contributed by atoms with E-state index in [9.17, 15) is 9.90 Å². The highest BCUT2D eigenvalue weighted by Gasteiger charge is 2.26. The summed E-state index contributed by atoms with van der Waals surface area (Å²) >= 11 is 0. The predicted molar refractivity (Wildman–Crippen MR) is 122 cm³/mol. The second-order valence-electron chi connectivity index (χ2n) is 8.22. The van der Waals surface area contributed by atoms with E-state index in [-0.39, 0.29) is 17.8 Å².